The molecule has 9 heteroatoms. The van der Waals surface area contributed by atoms with E-state index in [9.17, 15) is 9.18 Å². The first-order valence-corrected chi connectivity index (χ1v) is 11.5. The quantitative estimate of drug-likeness (QED) is 0.327. The summed E-state index contributed by atoms with van der Waals surface area (Å²) in [5, 5.41) is 11.1. The molecule has 0 spiro atoms. The van der Waals surface area contributed by atoms with E-state index in [0.29, 0.717) is 16.7 Å². The monoisotopic (exact) mass is 501 g/mol. The number of amides is 1. The zero-order valence-corrected chi connectivity index (χ0v) is 19.9. The van der Waals surface area contributed by atoms with Crippen molar-refractivity contribution in [1.82, 2.24) is 14.8 Å². The largest absolute Gasteiger partial charge is 0.496 e. The molecule has 4 aromatic rings. The summed E-state index contributed by atoms with van der Waals surface area (Å²) in [6.45, 7) is 0. The molecule has 0 bridgehead atoms. The number of aromatic nitrogens is 3. The Bertz CT molecular complexity index is 1460. The molecule has 36 heavy (non-hydrogen) atoms. The summed E-state index contributed by atoms with van der Waals surface area (Å²) in [5.41, 5.74) is 3.26. The fraction of sp³-hybridized carbons (Fsp3) is 0.0741. The van der Waals surface area contributed by atoms with E-state index in [1.165, 1.54) is 18.2 Å². The number of para-hydroxylation sites is 1. The fourth-order valence-corrected chi connectivity index (χ4v) is 3.99. The fourth-order valence-electron chi connectivity index (χ4n) is 3.86. The van der Waals surface area contributed by atoms with E-state index in [4.69, 9.17) is 16.3 Å². The minimum atomic E-state index is -0.395. The molecule has 2 heterocycles. The van der Waals surface area contributed by atoms with Gasteiger partial charge in [0.2, 0.25) is 5.95 Å². The number of nitrogens with one attached hydrogen (secondary N) is 2. The predicted molar refractivity (Wildman–Crippen MR) is 138 cm³/mol. The van der Waals surface area contributed by atoms with Gasteiger partial charge in [-0.05, 0) is 53.6 Å². The molecule has 3 aromatic carbocycles. The third-order valence-corrected chi connectivity index (χ3v) is 5.87. The van der Waals surface area contributed by atoms with Crippen molar-refractivity contribution in [3.63, 3.8) is 0 Å². The molecule has 1 atom stereocenters. The van der Waals surface area contributed by atoms with Crippen LogP contribution in [-0.4, -0.2) is 27.8 Å². The summed E-state index contributed by atoms with van der Waals surface area (Å²) >= 11 is 6.05. The molecule has 0 saturated heterocycles. The lowest BCUT2D eigenvalue weighted by Crippen LogP contribution is -2.20. The van der Waals surface area contributed by atoms with Crippen molar-refractivity contribution in [1.29, 1.82) is 0 Å². The number of methoxy groups -OCH3 is 1. The lowest BCUT2D eigenvalue weighted by Gasteiger charge is -2.24. The van der Waals surface area contributed by atoms with E-state index < -0.39 is 5.91 Å². The second-order valence-corrected chi connectivity index (χ2v) is 8.41. The third kappa shape index (κ3) is 4.99. The highest BCUT2D eigenvalue weighted by Gasteiger charge is 2.25. The Morgan fingerprint density at radius 1 is 1.11 bits per heavy atom. The summed E-state index contributed by atoms with van der Waals surface area (Å²) in [5.74, 6) is 0.492. The van der Waals surface area contributed by atoms with Gasteiger partial charge in [-0.25, -0.2) is 9.07 Å². The first-order valence-electron chi connectivity index (χ1n) is 11.1. The van der Waals surface area contributed by atoms with Gasteiger partial charge in [0, 0.05) is 22.4 Å². The van der Waals surface area contributed by atoms with Crippen molar-refractivity contribution in [3.05, 3.63) is 112 Å². The van der Waals surface area contributed by atoms with Crippen LogP contribution in [0.1, 0.15) is 22.7 Å². The van der Waals surface area contributed by atoms with Crippen LogP contribution < -0.4 is 15.4 Å². The average Bonchev–Trinajstić information content (AvgIpc) is 3.30. The maximum absolute atomic E-state index is 13.6. The van der Waals surface area contributed by atoms with Gasteiger partial charge in [0.25, 0.3) is 11.9 Å². The lowest BCUT2D eigenvalue weighted by atomic mass is 10.0. The molecule has 180 valence electrons. The number of halogens is 2. The van der Waals surface area contributed by atoms with Gasteiger partial charge in [0.05, 0.1) is 7.11 Å². The van der Waals surface area contributed by atoms with Gasteiger partial charge >= 0.3 is 0 Å². The summed E-state index contributed by atoms with van der Waals surface area (Å²) in [7, 11) is 1.57. The second kappa shape index (κ2) is 10.1. The number of hydrogen-bond acceptors (Lipinski definition) is 5. The zero-order chi connectivity index (χ0) is 25.1. The van der Waals surface area contributed by atoms with Crippen molar-refractivity contribution in [3.8, 4) is 5.75 Å². The van der Waals surface area contributed by atoms with E-state index in [-0.39, 0.29) is 17.8 Å². The molecule has 0 aliphatic carbocycles. The maximum Gasteiger partial charge on any atom is 0.250 e. The number of allylic oxidation sites excluding steroid dienone is 1. The standard InChI is InChI=1S/C27H21ClFN5O2/c1-36-24-5-3-2-4-19(24)10-15-25(35)31-26-32-27-30-22(17-6-11-20(28)12-7-17)16-23(34(27)33-26)18-8-13-21(29)14-9-18/h2-16,23H,1H3,(H2,30,31,32,33,35)/b15-10+/t23-/m0/s1. The molecular formula is C27H21ClFN5O2. The molecule has 1 aromatic heterocycles. The Balaban J connectivity index is 1.43. The number of benzene rings is 3. The normalized spacial score (nSPS) is 14.6. The SMILES string of the molecule is COc1ccccc1/C=C/C(=O)Nc1nc2n(n1)[C@H](c1ccc(F)cc1)C=C(c1ccc(Cl)cc1)N2. The van der Waals surface area contributed by atoms with Gasteiger partial charge in [-0.2, -0.15) is 4.98 Å². The number of rotatable bonds is 6. The van der Waals surface area contributed by atoms with Crippen molar-refractivity contribution in [2.24, 2.45) is 0 Å². The molecule has 1 aliphatic rings. The van der Waals surface area contributed by atoms with Gasteiger partial charge < -0.3 is 10.1 Å². The van der Waals surface area contributed by atoms with Crippen LogP contribution in [0.4, 0.5) is 16.3 Å². The Hall–Kier alpha value is -4.43. The topological polar surface area (TPSA) is 81.1 Å². The van der Waals surface area contributed by atoms with Gasteiger partial charge in [0.15, 0.2) is 0 Å². The van der Waals surface area contributed by atoms with Crippen LogP contribution in [0.5, 0.6) is 5.75 Å². The summed E-state index contributed by atoms with van der Waals surface area (Å²) < 4.78 is 20.5. The van der Waals surface area contributed by atoms with Crippen molar-refractivity contribution in [2.45, 2.75) is 6.04 Å². The smallest absolute Gasteiger partial charge is 0.250 e. The van der Waals surface area contributed by atoms with Gasteiger partial charge in [-0.3, -0.25) is 10.1 Å². The van der Waals surface area contributed by atoms with E-state index in [2.05, 4.69) is 20.7 Å². The van der Waals surface area contributed by atoms with Crippen LogP contribution in [0.15, 0.2) is 84.9 Å². The predicted octanol–water partition coefficient (Wildman–Crippen LogP) is 5.79. The first-order chi connectivity index (χ1) is 17.5. The van der Waals surface area contributed by atoms with Crippen molar-refractivity contribution >= 4 is 41.2 Å². The Labute approximate surface area is 211 Å². The zero-order valence-electron chi connectivity index (χ0n) is 19.2. The molecule has 0 unspecified atom stereocenters. The average molecular weight is 502 g/mol. The van der Waals surface area contributed by atoms with E-state index in [0.717, 1.165) is 22.4 Å². The molecule has 7 nitrogen and oxygen atoms in total. The molecular weight excluding hydrogens is 481 g/mol. The van der Waals surface area contributed by atoms with Gasteiger partial charge in [-0.15, -0.1) is 5.10 Å². The number of nitrogens with zero attached hydrogens (tertiary/aromatic N) is 3. The third-order valence-electron chi connectivity index (χ3n) is 5.62. The first kappa shape index (κ1) is 23.3. The minimum Gasteiger partial charge on any atom is -0.496 e. The molecule has 0 fully saturated rings. The summed E-state index contributed by atoms with van der Waals surface area (Å²) in [6, 6.07) is 20.6. The van der Waals surface area contributed by atoms with Crippen LogP contribution in [0.3, 0.4) is 0 Å². The maximum atomic E-state index is 13.6. The Morgan fingerprint density at radius 3 is 2.61 bits per heavy atom. The number of hydrogen-bond donors (Lipinski definition) is 2. The van der Waals surface area contributed by atoms with Gasteiger partial charge in [0.1, 0.15) is 17.6 Å². The number of ether oxygens (including phenoxy) is 1. The van der Waals surface area contributed by atoms with Crippen molar-refractivity contribution in [2.75, 3.05) is 17.7 Å². The molecule has 5 rings (SSSR count). The van der Waals surface area contributed by atoms with E-state index >= 15 is 0 Å². The highest BCUT2D eigenvalue weighted by molar-refractivity contribution is 6.30. The lowest BCUT2D eigenvalue weighted by molar-refractivity contribution is -0.111. The molecule has 0 radical (unpaired) electrons. The number of carbonyl (C=O) groups excluding carboxylic acids is 1. The van der Waals surface area contributed by atoms with E-state index in [1.807, 2.05) is 42.5 Å². The van der Waals surface area contributed by atoms with Gasteiger partial charge in [-0.1, -0.05) is 54.1 Å². The highest BCUT2D eigenvalue weighted by Crippen LogP contribution is 2.33. The Morgan fingerprint density at radius 2 is 1.86 bits per heavy atom. The van der Waals surface area contributed by atoms with Crippen molar-refractivity contribution < 1.29 is 13.9 Å². The molecule has 0 saturated carbocycles. The molecule has 1 aliphatic heterocycles. The highest BCUT2D eigenvalue weighted by atomic mass is 35.5. The number of carbonyl (C=O) groups is 1. The van der Waals surface area contributed by atoms with E-state index in [1.54, 1.807) is 42.1 Å². The van der Waals surface area contributed by atoms with Crippen LogP contribution in [0.25, 0.3) is 11.8 Å². The van der Waals surface area contributed by atoms with Crippen LogP contribution in [0, 0.1) is 5.82 Å². The van der Waals surface area contributed by atoms with Crippen LogP contribution in [-0.2, 0) is 4.79 Å². The second-order valence-electron chi connectivity index (χ2n) is 7.98. The van der Waals surface area contributed by atoms with Crippen LogP contribution in [0.2, 0.25) is 5.02 Å². The summed E-state index contributed by atoms with van der Waals surface area (Å²) in [4.78, 5) is 17.1. The summed E-state index contributed by atoms with van der Waals surface area (Å²) in [6.07, 6.45) is 5.01. The molecule has 1 amide bonds. The number of anilines is 2. The van der Waals surface area contributed by atoms with Crippen LogP contribution >= 0.6 is 11.6 Å². The number of fused-ring (bicyclic) bond motifs is 1. The molecule has 2 N–H and O–H groups in total. The Kier molecular flexibility index (Phi) is 6.51. The minimum absolute atomic E-state index is 0.130.